The van der Waals surface area contributed by atoms with Gasteiger partial charge in [0, 0.05) is 25.9 Å². The van der Waals surface area contributed by atoms with Gasteiger partial charge in [-0.3, -0.25) is 9.59 Å². The van der Waals surface area contributed by atoms with Crippen molar-refractivity contribution in [1.82, 2.24) is 4.57 Å². The summed E-state index contributed by atoms with van der Waals surface area (Å²) >= 11 is 0. The minimum atomic E-state index is -0.438. The quantitative estimate of drug-likeness (QED) is 0.861. The molecule has 1 aliphatic carbocycles. The molecule has 1 aliphatic rings. The van der Waals surface area contributed by atoms with Gasteiger partial charge in [-0.25, -0.2) is 0 Å². The lowest BCUT2D eigenvalue weighted by molar-refractivity contribution is -0.126. The molecule has 1 heterocycles. The fraction of sp³-hybridized carbons (Fsp3) is 0.571. The third-order valence-corrected chi connectivity index (χ3v) is 4.03. The summed E-state index contributed by atoms with van der Waals surface area (Å²) in [6.45, 7) is 0.380. The van der Waals surface area contributed by atoms with Crippen LogP contribution in [-0.2, 0) is 11.8 Å². The van der Waals surface area contributed by atoms with Crippen LogP contribution in [0.5, 0.6) is 0 Å². The van der Waals surface area contributed by atoms with Gasteiger partial charge in [-0.15, -0.1) is 0 Å². The van der Waals surface area contributed by atoms with E-state index in [1.807, 2.05) is 0 Å². The van der Waals surface area contributed by atoms with Crippen LogP contribution in [0.4, 0.5) is 5.69 Å². The second-order valence-electron chi connectivity index (χ2n) is 5.37. The van der Waals surface area contributed by atoms with Crippen LogP contribution >= 0.6 is 0 Å². The van der Waals surface area contributed by atoms with Gasteiger partial charge in [0.25, 0.3) is 0 Å². The Morgan fingerprint density at radius 1 is 1.37 bits per heavy atom. The lowest BCUT2D eigenvalue weighted by atomic mass is 9.73. The van der Waals surface area contributed by atoms with Crippen LogP contribution in [0.25, 0.3) is 0 Å². The predicted octanol–water partition coefficient (Wildman–Crippen LogP) is 1.23. The first kappa shape index (κ1) is 13.8. The Morgan fingerprint density at radius 3 is 2.63 bits per heavy atom. The van der Waals surface area contributed by atoms with Crippen LogP contribution in [0.1, 0.15) is 32.1 Å². The Morgan fingerprint density at radius 2 is 2.05 bits per heavy atom. The number of nitrogens with two attached hydrogens (primary N) is 1. The van der Waals surface area contributed by atoms with E-state index in [1.54, 1.807) is 19.3 Å². The van der Waals surface area contributed by atoms with Crippen molar-refractivity contribution in [2.45, 2.75) is 32.1 Å². The maximum Gasteiger partial charge on any atom is 0.250 e. The molecule has 1 aromatic heterocycles. The van der Waals surface area contributed by atoms with Gasteiger partial charge in [0.15, 0.2) is 0 Å². The minimum Gasteiger partial charge on any atom is -0.329 e. The molecule has 0 aromatic carbocycles. The topological polar surface area (TPSA) is 77.1 Å². The lowest BCUT2D eigenvalue weighted by Gasteiger charge is -2.34. The number of aryl methyl sites for hydroxylation is 1. The van der Waals surface area contributed by atoms with E-state index in [4.69, 9.17) is 5.73 Å². The molecule has 0 bridgehead atoms. The molecule has 19 heavy (non-hydrogen) atoms. The molecule has 3 N–H and O–H groups in total. The molecule has 5 nitrogen and oxygen atoms in total. The summed E-state index contributed by atoms with van der Waals surface area (Å²) in [4.78, 5) is 23.7. The van der Waals surface area contributed by atoms with Crippen molar-refractivity contribution >= 4 is 11.6 Å². The van der Waals surface area contributed by atoms with Crippen molar-refractivity contribution in [3.05, 3.63) is 28.7 Å². The van der Waals surface area contributed by atoms with Gasteiger partial charge in [-0.05, 0) is 18.9 Å². The van der Waals surface area contributed by atoms with Crippen molar-refractivity contribution in [3.8, 4) is 0 Å². The number of amides is 1. The fourth-order valence-corrected chi connectivity index (χ4v) is 2.68. The average Bonchev–Trinajstić information content (AvgIpc) is 2.43. The lowest BCUT2D eigenvalue weighted by Crippen LogP contribution is -2.44. The zero-order chi connectivity index (χ0) is 13.9. The van der Waals surface area contributed by atoms with E-state index in [1.165, 1.54) is 17.1 Å². The number of hydrogen-bond acceptors (Lipinski definition) is 3. The molecule has 0 spiro atoms. The van der Waals surface area contributed by atoms with Crippen molar-refractivity contribution in [1.29, 1.82) is 0 Å². The molecule has 1 saturated carbocycles. The highest BCUT2D eigenvalue weighted by Gasteiger charge is 2.38. The van der Waals surface area contributed by atoms with Gasteiger partial charge < -0.3 is 15.6 Å². The van der Waals surface area contributed by atoms with E-state index < -0.39 is 5.41 Å². The smallest absolute Gasteiger partial charge is 0.250 e. The SMILES string of the molecule is Cn1cc(NC(=O)C2(CN)CCCCC2)ccc1=O. The normalized spacial score (nSPS) is 18.0. The highest BCUT2D eigenvalue weighted by molar-refractivity contribution is 5.95. The zero-order valence-corrected chi connectivity index (χ0v) is 11.3. The van der Waals surface area contributed by atoms with E-state index >= 15 is 0 Å². The summed E-state index contributed by atoms with van der Waals surface area (Å²) in [5.41, 5.74) is 5.94. The number of nitrogens with one attached hydrogen (secondary N) is 1. The van der Waals surface area contributed by atoms with E-state index in [9.17, 15) is 9.59 Å². The Bertz CT molecular complexity index is 516. The third kappa shape index (κ3) is 2.87. The van der Waals surface area contributed by atoms with Gasteiger partial charge >= 0.3 is 0 Å². The van der Waals surface area contributed by atoms with E-state index in [-0.39, 0.29) is 11.5 Å². The van der Waals surface area contributed by atoms with Gasteiger partial charge in [0.05, 0.1) is 11.1 Å². The van der Waals surface area contributed by atoms with Crippen LogP contribution in [0.3, 0.4) is 0 Å². The average molecular weight is 263 g/mol. The van der Waals surface area contributed by atoms with Crippen molar-refractivity contribution < 1.29 is 4.79 Å². The highest BCUT2D eigenvalue weighted by Crippen LogP contribution is 2.36. The first-order valence-electron chi connectivity index (χ1n) is 6.76. The van der Waals surface area contributed by atoms with Crippen LogP contribution in [0, 0.1) is 5.41 Å². The summed E-state index contributed by atoms with van der Waals surface area (Å²) < 4.78 is 1.45. The largest absolute Gasteiger partial charge is 0.329 e. The van der Waals surface area contributed by atoms with Crippen LogP contribution in [0.2, 0.25) is 0 Å². The number of hydrogen-bond donors (Lipinski definition) is 2. The molecule has 104 valence electrons. The van der Waals surface area contributed by atoms with E-state index in [0.29, 0.717) is 12.2 Å². The molecule has 0 unspecified atom stereocenters. The number of anilines is 1. The molecule has 5 heteroatoms. The summed E-state index contributed by atoms with van der Waals surface area (Å²) in [5, 5.41) is 2.89. The van der Waals surface area contributed by atoms with Crippen molar-refractivity contribution in [2.24, 2.45) is 18.2 Å². The Hall–Kier alpha value is -1.62. The number of aromatic nitrogens is 1. The van der Waals surface area contributed by atoms with Gasteiger partial charge in [-0.1, -0.05) is 19.3 Å². The minimum absolute atomic E-state index is 0.0200. The fourth-order valence-electron chi connectivity index (χ4n) is 2.68. The Labute approximate surface area is 112 Å². The highest BCUT2D eigenvalue weighted by atomic mass is 16.2. The number of carbonyl (C=O) groups excluding carboxylic acids is 1. The van der Waals surface area contributed by atoms with Crippen molar-refractivity contribution in [2.75, 3.05) is 11.9 Å². The first-order chi connectivity index (χ1) is 9.07. The molecule has 0 radical (unpaired) electrons. The number of nitrogens with zero attached hydrogens (tertiary/aromatic N) is 1. The van der Waals surface area contributed by atoms with Gasteiger partial charge in [0.2, 0.25) is 11.5 Å². The molecule has 1 amide bonds. The third-order valence-electron chi connectivity index (χ3n) is 4.03. The summed E-state index contributed by atoms with van der Waals surface area (Å²) in [6.07, 6.45) is 6.61. The molecular formula is C14H21N3O2. The van der Waals surface area contributed by atoms with Crippen molar-refractivity contribution in [3.63, 3.8) is 0 Å². The van der Waals surface area contributed by atoms with E-state index in [0.717, 1.165) is 25.7 Å². The summed E-state index contributed by atoms with van der Waals surface area (Å²) in [5.74, 6) is -0.0200. The maximum atomic E-state index is 12.4. The molecular weight excluding hydrogens is 242 g/mol. The summed E-state index contributed by atoms with van der Waals surface area (Å²) in [7, 11) is 1.66. The molecule has 0 atom stereocenters. The number of pyridine rings is 1. The second-order valence-corrected chi connectivity index (χ2v) is 5.37. The van der Waals surface area contributed by atoms with E-state index in [2.05, 4.69) is 5.32 Å². The standard InChI is InChI=1S/C14H21N3O2/c1-17-9-11(5-6-12(17)18)16-13(19)14(10-15)7-3-2-4-8-14/h5-6,9H,2-4,7-8,10,15H2,1H3,(H,16,19). The van der Waals surface area contributed by atoms with Gasteiger partial charge in [-0.2, -0.15) is 0 Å². The first-order valence-corrected chi connectivity index (χ1v) is 6.76. The molecule has 1 aromatic rings. The van der Waals surface area contributed by atoms with Gasteiger partial charge in [0.1, 0.15) is 0 Å². The molecule has 0 saturated heterocycles. The molecule has 0 aliphatic heterocycles. The molecule has 2 rings (SSSR count). The number of rotatable bonds is 3. The van der Waals surface area contributed by atoms with Crippen LogP contribution in [0.15, 0.2) is 23.1 Å². The maximum absolute atomic E-state index is 12.4. The monoisotopic (exact) mass is 263 g/mol. The predicted molar refractivity (Wildman–Crippen MR) is 74.9 cm³/mol. The zero-order valence-electron chi connectivity index (χ0n) is 11.3. The van der Waals surface area contributed by atoms with Crippen LogP contribution in [-0.4, -0.2) is 17.0 Å². The molecule has 1 fully saturated rings. The number of carbonyl (C=O) groups is 1. The second kappa shape index (κ2) is 5.57. The Balaban J connectivity index is 2.14. The van der Waals surface area contributed by atoms with Crippen LogP contribution < -0.4 is 16.6 Å². The summed E-state index contributed by atoms with van der Waals surface area (Å²) in [6, 6.07) is 3.08. The Kier molecular flexibility index (Phi) is 4.04.